The summed E-state index contributed by atoms with van der Waals surface area (Å²) in [4.78, 5) is 2.61. The van der Waals surface area contributed by atoms with Crippen molar-refractivity contribution in [1.29, 1.82) is 0 Å². The molecular formula is C23H39NO2. The van der Waals surface area contributed by atoms with Gasteiger partial charge in [-0.3, -0.25) is 0 Å². The largest absolute Gasteiger partial charge is 0.494 e. The molecule has 1 aromatic carbocycles. The van der Waals surface area contributed by atoms with Gasteiger partial charge in [-0.2, -0.15) is 0 Å². The minimum atomic E-state index is -0.393. The molecule has 0 aromatic heterocycles. The fourth-order valence-corrected chi connectivity index (χ4v) is 3.91. The SMILES string of the molecule is CCCCCCCN1CCCC1CC(O)c1cccc(OCCCC)c1. The Kier molecular flexibility index (Phi) is 10.1. The molecule has 1 aliphatic heterocycles. The van der Waals surface area contributed by atoms with Gasteiger partial charge in [0.15, 0.2) is 0 Å². The fraction of sp³-hybridized carbons (Fsp3) is 0.739. The number of rotatable bonds is 13. The molecule has 2 rings (SSSR count). The van der Waals surface area contributed by atoms with Crippen LogP contribution < -0.4 is 4.74 Å². The summed E-state index contributed by atoms with van der Waals surface area (Å²) in [5.74, 6) is 0.884. The normalized spacial score (nSPS) is 19.0. The molecule has 1 saturated heterocycles. The van der Waals surface area contributed by atoms with Crippen LogP contribution in [0.1, 0.15) is 89.7 Å². The number of unbranched alkanes of at least 4 members (excludes halogenated alkanes) is 5. The van der Waals surface area contributed by atoms with E-state index in [1.165, 1.54) is 58.0 Å². The van der Waals surface area contributed by atoms with E-state index in [1.807, 2.05) is 24.3 Å². The molecule has 3 nitrogen and oxygen atoms in total. The molecule has 1 aliphatic rings. The molecule has 0 saturated carbocycles. The first-order valence-corrected chi connectivity index (χ1v) is 10.9. The molecular weight excluding hydrogens is 322 g/mol. The number of nitrogens with zero attached hydrogens (tertiary/aromatic N) is 1. The number of benzene rings is 1. The maximum Gasteiger partial charge on any atom is 0.119 e. The van der Waals surface area contributed by atoms with Gasteiger partial charge in [0.25, 0.3) is 0 Å². The molecule has 148 valence electrons. The van der Waals surface area contributed by atoms with E-state index in [0.717, 1.165) is 37.2 Å². The highest BCUT2D eigenvalue weighted by atomic mass is 16.5. The summed E-state index contributed by atoms with van der Waals surface area (Å²) in [5.41, 5.74) is 0.994. The van der Waals surface area contributed by atoms with Gasteiger partial charge < -0.3 is 14.7 Å². The Morgan fingerprint density at radius 1 is 1.12 bits per heavy atom. The first kappa shape index (κ1) is 21.2. The van der Waals surface area contributed by atoms with E-state index < -0.39 is 6.10 Å². The summed E-state index contributed by atoms with van der Waals surface area (Å²) >= 11 is 0. The van der Waals surface area contributed by atoms with Gasteiger partial charge in [0.1, 0.15) is 5.75 Å². The summed E-state index contributed by atoms with van der Waals surface area (Å²) in [6, 6.07) is 8.57. The molecule has 3 heteroatoms. The lowest BCUT2D eigenvalue weighted by Crippen LogP contribution is -2.31. The van der Waals surface area contributed by atoms with Gasteiger partial charge in [0.05, 0.1) is 12.7 Å². The van der Waals surface area contributed by atoms with E-state index in [9.17, 15) is 5.11 Å². The number of aliphatic hydroxyl groups is 1. The van der Waals surface area contributed by atoms with Crippen LogP contribution in [0.15, 0.2) is 24.3 Å². The van der Waals surface area contributed by atoms with Crippen molar-refractivity contribution in [3.05, 3.63) is 29.8 Å². The molecule has 0 bridgehead atoms. The van der Waals surface area contributed by atoms with E-state index in [1.54, 1.807) is 0 Å². The number of hydrogen-bond donors (Lipinski definition) is 1. The van der Waals surface area contributed by atoms with E-state index in [4.69, 9.17) is 4.74 Å². The molecule has 0 amide bonds. The Morgan fingerprint density at radius 3 is 2.73 bits per heavy atom. The second-order valence-corrected chi connectivity index (χ2v) is 7.77. The fourth-order valence-electron chi connectivity index (χ4n) is 3.91. The molecule has 26 heavy (non-hydrogen) atoms. The second kappa shape index (κ2) is 12.3. The average Bonchev–Trinajstić information content (AvgIpc) is 3.09. The van der Waals surface area contributed by atoms with E-state index in [0.29, 0.717) is 6.04 Å². The van der Waals surface area contributed by atoms with Crippen LogP contribution in [0.4, 0.5) is 0 Å². The number of hydrogen-bond acceptors (Lipinski definition) is 3. The van der Waals surface area contributed by atoms with E-state index in [2.05, 4.69) is 18.7 Å². The Morgan fingerprint density at radius 2 is 1.92 bits per heavy atom. The predicted octanol–water partition coefficient (Wildman–Crippen LogP) is 5.72. The highest BCUT2D eigenvalue weighted by Crippen LogP contribution is 2.29. The lowest BCUT2D eigenvalue weighted by Gasteiger charge is -2.26. The Bertz CT molecular complexity index is 491. The Labute approximate surface area is 160 Å². The summed E-state index contributed by atoms with van der Waals surface area (Å²) < 4.78 is 5.79. The molecule has 1 heterocycles. The quantitative estimate of drug-likeness (QED) is 0.456. The van der Waals surface area contributed by atoms with Gasteiger partial charge in [-0.15, -0.1) is 0 Å². The Balaban J connectivity index is 1.80. The predicted molar refractivity (Wildman–Crippen MR) is 110 cm³/mol. The standard InChI is InChI=1S/C23H39NO2/c1-3-5-7-8-9-15-24-16-11-13-21(24)19-23(25)20-12-10-14-22(18-20)26-17-6-4-2/h10,12,14,18,21,23,25H,3-9,11,13,15-17,19H2,1-2H3. The van der Waals surface area contributed by atoms with Crippen molar-refractivity contribution in [3.63, 3.8) is 0 Å². The maximum atomic E-state index is 10.8. The monoisotopic (exact) mass is 361 g/mol. The molecule has 2 atom stereocenters. The minimum absolute atomic E-state index is 0.393. The van der Waals surface area contributed by atoms with Gasteiger partial charge in [-0.05, 0) is 62.9 Å². The van der Waals surface area contributed by atoms with Gasteiger partial charge in [-0.25, -0.2) is 0 Å². The van der Waals surface area contributed by atoms with Gasteiger partial charge in [0.2, 0.25) is 0 Å². The lowest BCUT2D eigenvalue weighted by molar-refractivity contribution is 0.119. The first-order chi connectivity index (χ1) is 12.7. The zero-order chi connectivity index (χ0) is 18.6. The Hall–Kier alpha value is -1.06. The molecule has 0 aliphatic carbocycles. The number of ether oxygens (including phenoxy) is 1. The van der Waals surface area contributed by atoms with E-state index in [-0.39, 0.29) is 0 Å². The zero-order valence-corrected chi connectivity index (χ0v) is 17.0. The smallest absolute Gasteiger partial charge is 0.119 e. The first-order valence-electron chi connectivity index (χ1n) is 10.9. The summed E-state index contributed by atoms with van der Waals surface area (Å²) in [7, 11) is 0. The maximum absolute atomic E-state index is 10.8. The highest BCUT2D eigenvalue weighted by molar-refractivity contribution is 5.30. The van der Waals surface area contributed by atoms with Crippen LogP contribution in [-0.2, 0) is 0 Å². The number of likely N-dealkylation sites (tertiary alicyclic amines) is 1. The van der Waals surface area contributed by atoms with Crippen molar-refractivity contribution in [1.82, 2.24) is 4.90 Å². The van der Waals surface area contributed by atoms with Crippen LogP contribution in [0.5, 0.6) is 5.75 Å². The summed E-state index contributed by atoms with van der Waals surface area (Å²) in [6.45, 7) is 7.58. The zero-order valence-electron chi connectivity index (χ0n) is 17.0. The van der Waals surface area contributed by atoms with Gasteiger partial charge in [-0.1, -0.05) is 58.1 Å². The minimum Gasteiger partial charge on any atom is -0.494 e. The average molecular weight is 362 g/mol. The second-order valence-electron chi connectivity index (χ2n) is 7.77. The van der Waals surface area contributed by atoms with Crippen molar-refractivity contribution >= 4 is 0 Å². The third-order valence-electron chi connectivity index (χ3n) is 5.55. The van der Waals surface area contributed by atoms with Crippen LogP contribution >= 0.6 is 0 Å². The van der Waals surface area contributed by atoms with Crippen LogP contribution in [0.25, 0.3) is 0 Å². The van der Waals surface area contributed by atoms with Crippen molar-refractivity contribution in [3.8, 4) is 5.75 Å². The van der Waals surface area contributed by atoms with Crippen molar-refractivity contribution < 1.29 is 9.84 Å². The number of aliphatic hydroxyl groups excluding tert-OH is 1. The molecule has 1 fully saturated rings. The van der Waals surface area contributed by atoms with Crippen molar-refractivity contribution in [2.75, 3.05) is 19.7 Å². The summed E-state index contributed by atoms with van der Waals surface area (Å²) in [5, 5.41) is 10.8. The molecule has 0 radical (unpaired) electrons. The van der Waals surface area contributed by atoms with Gasteiger partial charge >= 0.3 is 0 Å². The third-order valence-corrected chi connectivity index (χ3v) is 5.55. The topological polar surface area (TPSA) is 32.7 Å². The van der Waals surface area contributed by atoms with Crippen molar-refractivity contribution in [2.45, 2.75) is 90.2 Å². The molecule has 1 aromatic rings. The molecule has 0 spiro atoms. The van der Waals surface area contributed by atoms with Crippen LogP contribution in [0.3, 0.4) is 0 Å². The van der Waals surface area contributed by atoms with Gasteiger partial charge in [0, 0.05) is 6.04 Å². The van der Waals surface area contributed by atoms with Crippen molar-refractivity contribution in [2.24, 2.45) is 0 Å². The molecule has 1 N–H and O–H groups in total. The third kappa shape index (κ3) is 7.28. The molecule has 2 unspecified atom stereocenters. The van der Waals surface area contributed by atoms with Crippen LogP contribution in [0.2, 0.25) is 0 Å². The van der Waals surface area contributed by atoms with Crippen LogP contribution in [0, 0.1) is 0 Å². The van der Waals surface area contributed by atoms with Crippen LogP contribution in [-0.4, -0.2) is 35.7 Å². The summed E-state index contributed by atoms with van der Waals surface area (Å²) in [6.07, 6.45) is 11.8. The van der Waals surface area contributed by atoms with E-state index >= 15 is 0 Å². The lowest BCUT2D eigenvalue weighted by atomic mass is 10.00. The highest BCUT2D eigenvalue weighted by Gasteiger charge is 2.26.